The first kappa shape index (κ1) is 8.49. The van der Waals surface area contributed by atoms with Gasteiger partial charge in [-0.25, -0.2) is 0 Å². The minimum Gasteiger partial charge on any atom is -0.481 e. The van der Waals surface area contributed by atoms with Crippen LogP contribution >= 0.6 is 0 Å². The summed E-state index contributed by atoms with van der Waals surface area (Å²) in [7, 11) is 1.62. The summed E-state index contributed by atoms with van der Waals surface area (Å²) in [4.78, 5) is 10.3. The van der Waals surface area contributed by atoms with E-state index in [1.54, 1.807) is 7.11 Å². The molecule has 2 atom stereocenters. The molecule has 0 amide bonds. The van der Waals surface area contributed by atoms with Gasteiger partial charge in [0.25, 0.3) is 0 Å². The summed E-state index contributed by atoms with van der Waals surface area (Å²) in [5.41, 5.74) is 0. The van der Waals surface area contributed by atoms with Gasteiger partial charge in [0, 0.05) is 26.1 Å². The number of rotatable bonds is 3. The number of nitrogens with one attached hydrogen (secondary N) is 1. The Morgan fingerprint density at radius 3 is 3.00 bits per heavy atom. The highest BCUT2D eigenvalue weighted by Crippen LogP contribution is 2.15. The number of carbonyl (C=O) groups is 1. The van der Waals surface area contributed by atoms with Crippen molar-refractivity contribution in [3.05, 3.63) is 0 Å². The standard InChI is InChI=1S/C7H13NO3/c1-11-6-4-8-3-5(6)2-7(9)10/h5-6,8H,2-4H2,1H3,(H,9,10). The van der Waals surface area contributed by atoms with E-state index in [0.717, 1.165) is 13.1 Å². The van der Waals surface area contributed by atoms with Crippen LogP contribution in [0.4, 0.5) is 0 Å². The Morgan fingerprint density at radius 2 is 2.45 bits per heavy atom. The maximum absolute atomic E-state index is 10.3. The van der Waals surface area contributed by atoms with Crippen molar-refractivity contribution in [1.82, 2.24) is 5.32 Å². The van der Waals surface area contributed by atoms with Crippen LogP contribution in [0.25, 0.3) is 0 Å². The first-order chi connectivity index (χ1) is 5.24. The molecule has 0 bridgehead atoms. The molecule has 11 heavy (non-hydrogen) atoms. The normalized spacial score (nSPS) is 30.6. The van der Waals surface area contributed by atoms with Crippen LogP contribution in [0.5, 0.6) is 0 Å². The summed E-state index contributed by atoms with van der Waals surface area (Å²) in [6.07, 6.45) is 0.275. The third kappa shape index (κ3) is 2.17. The monoisotopic (exact) mass is 159 g/mol. The van der Waals surface area contributed by atoms with Crippen LogP contribution in [-0.2, 0) is 9.53 Å². The molecular formula is C7H13NO3. The highest BCUT2D eigenvalue weighted by Gasteiger charge is 2.28. The van der Waals surface area contributed by atoms with E-state index in [0.29, 0.717) is 0 Å². The third-order valence-electron chi connectivity index (χ3n) is 2.02. The summed E-state index contributed by atoms with van der Waals surface area (Å²) >= 11 is 0. The Balaban J connectivity index is 2.37. The van der Waals surface area contributed by atoms with Gasteiger partial charge in [0.1, 0.15) is 0 Å². The first-order valence-corrected chi connectivity index (χ1v) is 3.69. The van der Waals surface area contributed by atoms with Gasteiger partial charge in [0.05, 0.1) is 12.5 Å². The summed E-state index contributed by atoms with van der Waals surface area (Å²) in [6.45, 7) is 1.53. The van der Waals surface area contributed by atoms with Crippen molar-refractivity contribution in [2.75, 3.05) is 20.2 Å². The van der Waals surface area contributed by atoms with E-state index >= 15 is 0 Å². The van der Waals surface area contributed by atoms with Gasteiger partial charge in [0.15, 0.2) is 0 Å². The Morgan fingerprint density at radius 1 is 1.73 bits per heavy atom. The van der Waals surface area contributed by atoms with Crippen LogP contribution in [0.15, 0.2) is 0 Å². The SMILES string of the molecule is COC1CNCC1CC(=O)O. The van der Waals surface area contributed by atoms with Crippen LogP contribution < -0.4 is 5.32 Å². The van der Waals surface area contributed by atoms with Gasteiger partial charge in [-0.2, -0.15) is 0 Å². The second kappa shape index (κ2) is 3.69. The molecule has 0 aromatic carbocycles. The van der Waals surface area contributed by atoms with Crippen molar-refractivity contribution >= 4 is 5.97 Å². The zero-order valence-corrected chi connectivity index (χ0v) is 6.54. The molecule has 1 fully saturated rings. The molecule has 0 radical (unpaired) electrons. The predicted octanol–water partition coefficient (Wildman–Crippen LogP) is -0.305. The molecular weight excluding hydrogens is 146 g/mol. The van der Waals surface area contributed by atoms with Gasteiger partial charge in [0.2, 0.25) is 0 Å². The molecule has 1 rings (SSSR count). The minimum atomic E-state index is -0.749. The molecule has 1 heterocycles. The number of hydrogen-bond donors (Lipinski definition) is 2. The van der Waals surface area contributed by atoms with Gasteiger partial charge >= 0.3 is 5.97 Å². The van der Waals surface area contributed by atoms with Crippen LogP contribution in [0.3, 0.4) is 0 Å². The molecule has 0 spiro atoms. The quantitative estimate of drug-likeness (QED) is 0.593. The van der Waals surface area contributed by atoms with Crippen molar-refractivity contribution in [3.8, 4) is 0 Å². The average Bonchev–Trinajstić information content (AvgIpc) is 2.34. The lowest BCUT2D eigenvalue weighted by Crippen LogP contribution is -2.23. The predicted molar refractivity (Wildman–Crippen MR) is 39.4 cm³/mol. The van der Waals surface area contributed by atoms with E-state index in [9.17, 15) is 4.79 Å². The van der Waals surface area contributed by atoms with E-state index in [1.807, 2.05) is 0 Å². The fourth-order valence-corrected chi connectivity index (χ4v) is 1.41. The third-order valence-corrected chi connectivity index (χ3v) is 2.02. The molecule has 1 aliphatic heterocycles. The lowest BCUT2D eigenvalue weighted by atomic mass is 10.0. The van der Waals surface area contributed by atoms with Crippen LogP contribution in [0.2, 0.25) is 0 Å². The number of hydrogen-bond acceptors (Lipinski definition) is 3. The highest BCUT2D eigenvalue weighted by atomic mass is 16.5. The second-order valence-electron chi connectivity index (χ2n) is 2.79. The fraction of sp³-hybridized carbons (Fsp3) is 0.857. The van der Waals surface area contributed by atoms with Crippen molar-refractivity contribution < 1.29 is 14.6 Å². The number of methoxy groups -OCH3 is 1. The smallest absolute Gasteiger partial charge is 0.303 e. The second-order valence-corrected chi connectivity index (χ2v) is 2.79. The molecule has 0 aromatic rings. The average molecular weight is 159 g/mol. The van der Waals surface area contributed by atoms with Crippen molar-refractivity contribution in [3.63, 3.8) is 0 Å². The summed E-state index contributed by atoms with van der Waals surface area (Å²) in [5.74, 6) is -0.613. The summed E-state index contributed by atoms with van der Waals surface area (Å²) < 4.78 is 5.10. The highest BCUT2D eigenvalue weighted by molar-refractivity contribution is 5.67. The largest absolute Gasteiger partial charge is 0.481 e. The van der Waals surface area contributed by atoms with Crippen molar-refractivity contribution in [2.45, 2.75) is 12.5 Å². The summed E-state index contributed by atoms with van der Waals surface area (Å²) in [6, 6.07) is 0. The number of carboxylic acids is 1. The van der Waals surface area contributed by atoms with E-state index in [4.69, 9.17) is 9.84 Å². The molecule has 4 nitrogen and oxygen atoms in total. The van der Waals surface area contributed by atoms with Gasteiger partial charge < -0.3 is 15.2 Å². The Kier molecular flexibility index (Phi) is 2.84. The van der Waals surface area contributed by atoms with Crippen LogP contribution in [0, 0.1) is 5.92 Å². The number of ether oxygens (including phenoxy) is 1. The van der Waals surface area contributed by atoms with E-state index in [-0.39, 0.29) is 18.4 Å². The molecule has 1 aliphatic rings. The molecule has 1 saturated heterocycles. The van der Waals surface area contributed by atoms with Crippen LogP contribution in [-0.4, -0.2) is 37.4 Å². The van der Waals surface area contributed by atoms with Gasteiger partial charge in [-0.1, -0.05) is 0 Å². The zero-order chi connectivity index (χ0) is 8.27. The Hall–Kier alpha value is -0.610. The molecule has 4 heteroatoms. The van der Waals surface area contributed by atoms with Crippen molar-refractivity contribution in [2.24, 2.45) is 5.92 Å². The molecule has 0 saturated carbocycles. The molecule has 0 aliphatic carbocycles. The fourth-order valence-electron chi connectivity index (χ4n) is 1.41. The minimum absolute atomic E-state index is 0.0751. The molecule has 2 N–H and O–H groups in total. The van der Waals surface area contributed by atoms with Gasteiger partial charge in [-0.15, -0.1) is 0 Å². The summed E-state index contributed by atoms with van der Waals surface area (Å²) in [5, 5.41) is 11.6. The lowest BCUT2D eigenvalue weighted by molar-refractivity contribution is -0.138. The lowest BCUT2D eigenvalue weighted by Gasteiger charge is -2.13. The van der Waals surface area contributed by atoms with E-state index < -0.39 is 5.97 Å². The first-order valence-electron chi connectivity index (χ1n) is 3.69. The van der Waals surface area contributed by atoms with Crippen LogP contribution in [0.1, 0.15) is 6.42 Å². The van der Waals surface area contributed by atoms with E-state index in [2.05, 4.69) is 5.32 Å². The van der Waals surface area contributed by atoms with Crippen molar-refractivity contribution in [1.29, 1.82) is 0 Å². The number of carboxylic acid groups (broad SMARTS) is 1. The Bertz CT molecular complexity index is 149. The van der Waals surface area contributed by atoms with Gasteiger partial charge in [-0.3, -0.25) is 4.79 Å². The molecule has 64 valence electrons. The Labute approximate surface area is 65.5 Å². The van der Waals surface area contributed by atoms with E-state index in [1.165, 1.54) is 0 Å². The zero-order valence-electron chi connectivity index (χ0n) is 6.54. The maximum atomic E-state index is 10.3. The number of aliphatic carboxylic acids is 1. The topological polar surface area (TPSA) is 58.6 Å². The van der Waals surface area contributed by atoms with Gasteiger partial charge in [-0.05, 0) is 0 Å². The molecule has 2 unspecified atom stereocenters. The maximum Gasteiger partial charge on any atom is 0.303 e. The molecule has 0 aromatic heterocycles.